The average molecular weight is 319 g/mol. The monoisotopic (exact) mass is 319 g/mol. The van der Waals surface area contributed by atoms with E-state index in [1.54, 1.807) is 0 Å². The quantitative estimate of drug-likeness (QED) is 0.774. The van der Waals surface area contributed by atoms with Crippen LogP contribution in [0.3, 0.4) is 0 Å². The van der Waals surface area contributed by atoms with Crippen LogP contribution in [0.4, 0.5) is 0 Å². The van der Waals surface area contributed by atoms with Gasteiger partial charge in [0.1, 0.15) is 6.10 Å². The van der Waals surface area contributed by atoms with Gasteiger partial charge < -0.3 is 15.4 Å². The van der Waals surface area contributed by atoms with E-state index in [0.717, 1.165) is 45.6 Å². The summed E-state index contributed by atoms with van der Waals surface area (Å²) < 4.78 is 5.28. The predicted molar refractivity (Wildman–Crippen MR) is 91.9 cm³/mol. The highest BCUT2D eigenvalue weighted by atomic mass is 16.5. The van der Waals surface area contributed by atoms with Crippen LogP contribution in [0.1, 0.15) is 30.9 Å². The number of likely N-dealkylation sites (N-methyl/N-ethyl adjacent to an activating group) is 1. The molecule has 0 aromatic heterocycles. The molecule has 1 aromatic rings. The number of carbonyl (C=O) groups is 1. The molecule has 1 fully saturated rings. The Morgan fingerprint density at radius 1 is 1.26 bits per heavy atom. The number of likely N-dealkylation sites (tertiary alicyclic amines) is 1. The number of carbonyl (C=O) groups excluding carboxylic acids is 1. The number of piperidine rings is 1. The smallest absolute Gasteiger partial charge is 0.302 e. The highest BCUT2D eigenvalue weighted by Crippen LogP contribution is 2.17. The molecule has 1 heterocycles. The molecule has 128 valence electrons. The Hall–Kier alpha value is -1.43. The van der Waals surface area contributed by atoms with Crippen LogP contribution in [0.15, 0.2) is 24.3 Å². The second-order valence-corrected chi connectivity index (χ2v) is 6.43. The van der Waals surface area contributed by atoms with Crippen molar-refractivity contribution in [3.8, 4) is 0 Å². The number of rotatable bonds is 7. The van der Waals surface area contributed by atoms with Crippen molar-refractivity contribution in [3.05, 3.63) is 35.4 Å². The summed E-state index contributed by atoms with van der Waals surface area (Å²) in [5.74, 6) is -0.168. The molecule has 1 saturated heterocycles. The van der Waals surface area contributed by atoms with Gasteiger partial charge in [0, 0.05) is 46.2 Å². The second kappa shape index (κ2) is 9.01. The molecule has 0 unspecified atom stereocenters. The third-order valence-electron chi connectivity index (χ3n) is 4.26. The standard InChI is InChI=1S/C18H29N3O2/c1-15(22)23-18-7-10-21(11-8-18)14-17-5-3-16(4-6-17)13-20(2)12-9-19/h3-6,18H,7-14,19H2,1-2H3. The van der Waals surface area contributed by atoms with Gasteiger partial charge in [0.15, 0.2) is 0 Å². The fraction of sp³-hybridized carbons (Fsp3) is 0.611. The summed E-state index contributed by atoms with van der Waals surface area (Å²) in [4.78, 5) is 15.6. The predicted octanol–water partition coefficient (Wildman–Crippen LogP) is 1.60. The van der Waals surface area contributed by atoms with E-state index in [2.05, 4.69) is 41.1 Å². The first kappa shape index (κ1) is 17.9. The molecule has 1 aliphatic heterocycles. The van der Waals surface area contributed by atoms with Crippen LogP contribution in [-0.4, -0.2) is 55.1 Å². The lowest BCUT2D eigenvalue weighted by Gasteiger charge is -2.31. The van der Waals surface area contributed by atoms with Gasteiger partial charge in [-0.2, -0.15) is 0 Å². The first-order chi connectivity index (χ1) is 11.1. The molecule has 0 bridgehead atoms. The maximum Gasteiger partial charge on any atom is 0.302 e. The van der Waals surface area contributed by atoms with Gasteiger partial charge in [-0.25, -0.2) is 0 Å². The molecule has 2 rings (SSSR count). The molecule has 0 saturated carbocycles. The molecule has 0 atom stereocenters. The maximum absolute atomic E-state index is 11.0. The molecule has 23 heavy (non-hydrogen) atoms. The van der Waals surface area contributed by atoms with Crippen molar-refractivity contribution in [1.82, 2.24) is 9.80 Å². The maximum atomic E-state index is 11.0. The SMILES string of the molecule is CC(=O)OC1CCN(Cc2ccc(CN(C)CCN)cc2)CC1. The van der Waals surface area contributed by atoms with E-state index in [4.69, 9.17) is 10.5 Å². The van der Waals surface area contributed by atoms with E-state index in [1.807, 2.05) is 0 Å². The van der Waals surface area contributed by atoms with Gasteiger partial charge in [-0.05, 0) is 31.0 Å². The van der Waals surface area contributed by atoms with Crippen molar-refractivity contribution >= 4 is 5.97 Å². The van der Waals surface area contributed by atoms with Crippen molar-refractivity contribution in [2.75, 3.05) is 33.2 Å². The fourth-order valence-corrected chi connectivity index (χ4v) is 3.04. The highest BCUT2D eigenvalue weighted by Gasteiger charge is 2.21. The first-order valence-corrected chi connectivity index (χ1v) is 8.43. The molecule has 5 nitrogen and oxygen atoms in total. The Kier molecular flexibility index (Phi) is 7.02. The lowest BCUT2D eigenvalue weighted by molar-refractivity contribution is -0.148. The lowest BCUT2D eigenvalue weighted by Crippen LogP contribution is -2.37. The molecule has 1 aromatic carbocycles. The number of esters is 1. The van der Waals surface area contributed by atoms with E-state index >= 15 is 0 Å². The minimum Gasteiger partial charge on any atom is -0.462 e. The van der Waals surface area contributed by atoms with Crippen molar-refractivity contribution < 1.29 is 9.53 Å². The summed E-state index contributed by atoms with van der Waals surface area (Å²) in [5, 5.41) is 0. The van der Waals surface area contributed by atoms with Crippen molar-refractivity contribution in [1.29, 1.82) is 0 Å². The molecule has 0 aliphatic carbocycles. The Labute approximate surface area is 139 Å². The summed E-state index contributed by atoms with van der Waals surface area (Å²) in [5.41, 5.74) is 8.23. The highest BCUT2D eigenvalue weighted by molar-refractivity contribution is 5.66. The fourth-order valence-electron chi connectivity index (χ4n) is 3.04. The number of nitrogens with zero attached hydrogens (tertiary/aromatic N) is 2. The van der Waals surface area contributed by atoms with E-state index in [-0.39, 0.29) is 12.1 Å². The molecular formula is C18H29N3O2. The number of nitrogens with two attached hydrogens (primary N) is 1. The van der Waals surface area contributed by atoms with Gasteiger partial charge in [-0.1, -0.05) is 24.3 Å². The largest absolute Gasteiger partial charge is 0.462 e. The zero-order chi connectivity index (χ0) is 16.7. The van der Waals surface area contributed by atoms with Crippen molar-refractivity contribution in [2.45, 2.75) is 39.0 Å². The Balaban J connectivity index is 1.77. The Morgan fingerprint density at radius 3 is 2.43 bits per heavy atom. The summed E-state index contributed by atoms with van der Waals surface area (Å²) in [7, 11) is 2.09. The number of benzene rings is 1. The van der Waals surface area contributed by atoms with Gasteiger partial charge in [0.2, 0.25) is 0 Å². The molecule has 5 heteroatoms. The molecule has 2 N–H and O–H groups in total. The van der Waals surface area contributed by atoms with E-state index in [9.17, 15) is 4.79 Å². The molecule has 0 radical (unpaired) electrons. The van der Waals surface area contributed by atoms with E-state index in [1.165, 1.54) is 18.1 Å². The topological polar surface area (TPSA) is 58.8 Å². The summed E-state index contributed by atoms with van der Waals surface area (Å²) >= 11 is 0. The average Bonchev–Trinajstić information content (AvgIpc) is 2.51. The van der Waals surface area contributed by atoms with Gasteiger partial charge in [0.25, 0.3) is 0 Å². The van der Waals surface area contributed by atoms with Crippen LogP contribution in [0.25, 0.3) is 0 Å². The van der Waals surface area contributed by atoms with Gasteiger partial charge in [-0.3, -0.25) is 9.69 Å². The number of hydrogen-bond acceptors (Lipinski definition) is 5. The molecule has 0 spiro atoms. The molecule has 0 amide bonds. The van der Waals surface area contributed by atoms with Crippen LogP contribution in [0.5, 0.6) is 0 Å². The summed E-state index contributed by atoms with van der Waals surface area (Å²) in [6.45, 7) is 6.96. The lowest BCUT2D eigenvalue weighted by atomic mass is 10.1. The molecular weight excluding hydrogens is 290 g/mol. The third kappa shape index (κ3) is 6.29. The third-order valence-corrected chi connectivity index (χ3v) is 4.26. The van der Waals surface area contributed by atoms with Gasteiger partial charge in [0.05, 0.1) is 0 Å². The van der Waals surface area contributed by atoms with E-state index in [0.29, 0.717) is 6.54 Å². The minimum atomic E-state index is -0.168. The summed E-state index contributed by atoms with van der Waals surface area (Å²) in [6.07, 6.45) is 1.97. The first-order valence-electron chi connectivity index (χ1n) is 8.43. The number of ether oxygens (including phenoxy) is 1. The zero-order valence-electron chi connectivity index (χ0n) is 14.3. The minimum absolute atomic E-state index is 0.101. The van der Waals surface area contributed by atoms with Crippen LogP contribution in [0, 0.1) is 0 Å². The van der Waals surface area contributed by atoms with Crippen molar-refractivity contribution in [3.63, 3.8) is 0 Å². The number of hydrogen-bond donors (Lipinski definition) is 1. The van der Waals surface area contributed by atoms with E-state index < -0.39 is 0 Å². The normalized spacial score (nSPS) is 16.7. The second-order valence-electron chi connectivity index (χ2n) is 6.43. The Morgan fingerprint density at radius 2 is 1.87 bits per heavy atom. The van der Waals surface area contributed by atoms with Crippen LogP contribution >= 0.6 is 0 Å². The van der Waals surface area contributed by atoms with Crippen LogP contribution in [0.2, 0.25) is 0 Å². The Bertz CT molecular complexity index is 482. The van der Waals surface area contributed by atoms with Crippen molar-refractivity contribution in [2.24, 2.45) is 5.73 Å². The zero-order valence-corrected chi connectivity index (χ0v) is 14.3. The van der Waals surface area contributed by atoms with Crippen LogP contribution < -0.4 is 5.73 Å². The molecule has 1 aliphatic rings. The van der Waals surface area contributed by atoms with Gasteiger partial charge >= 0.3 is 5.97 Å². The summed E-state index contributed by atoms with van der Waals surface area (Å²) in [6, 6.07) is 8.83. The van der Waals surface area contributed by atoms with Gasteiger partial charge in [-0.15, -0.1) is 0 Å². The van der Waals surface area contributed by atoms with Crippen LogP contribution in [-0.2, 0) is 22.6 Å².